The van der Waals surface area contributed by atoms with Crippen LogP contribution in [0.1, 0.15) is 29.8 Å². The Morgan fingerprint density at radius 3 is 2.33 bits per heavy atom. The first-order chi connectivity index (χ1) is 19.0. The number of hydrogen-bond donors (Lipinski definition) is 1. The third-order valence-electron chi connectivity index (χ3n) is 7.11. The third-order valence-corrected chi connectivity index (χ3v) is 8.53. The number of rotatable bonds is 6. The van der Waals surface area contributed by atoms with E-state index in [2.05, 4.69) is 9.71 Å². The molecule has 1 aliphatic heterocycles. The Morgan fingerprint density at radius 1 is 0.950 bits per heavy atom. The van der Waals surface area contributed by atoms with Gasteiger partial charge >= 0.3 is 0 Å². The Bertz CT molecular complexity index is 1650. The molecule has 1 unspecified atom stereocenters. The van der Waals surface area contributed by atoms with Crippen molar-refractivity contribution in [3.8, 4) is 0 Å². The fourth-order valence-electron chi connectivity index (χ4n) is 4.98. The second-order valence-electron chi connectivity index (χ2n) is 9.95. The molecule has 0 aliphatic carbocycles. The van der Waals surface area contributed by atoms with Gasteiger partial charge in [0, 0.05) is 72.2 Å². The number of sulfonamides is 1. The molecule has 0 radical (unpaired) electrons. The Hall–Kier alpha value is -3.96. The summed E-state index contributed by atoms with van der Waals surface area (Å²) in [5, 5.41) is 0.697. The van der Waals surface area contributed by atoms with Crippen LogP contribution in [0.4, 0.5) is 18.9 Å². The van der Waals surface area contributed by atoms with Crippen molar-refractivity contribution in [2.45, 2.75) is 37.4 Å². The van der Waals surface area contributed by atoms with Crippen molar-refractivity contribution in [3.63, 3.8) is 0 Å². The summed E-state index contributed by atoms with van der Waals surface area (Å²) in [4.78, 5) is 21.1. The average Bonchev–Trinajstić information content (AvgIpc) is 2.91. The topological polar surface area (TPSA) is 82.6 Å². The van der Waals surface area contributed by atoms with Gasteiger partial charge in [0.25, 0.3) is 15.9 Å². The molecule has 2 heterocycles. The number of anilines is 1. The van der Waals surface area contributed by atoms with Crippen molar-refractivity contribution >= 4 is 32.5 Å². The van der Waals surface area contributed by atoms with Gasteiger partial charge in [0.2, 0.25) is 0 Å². The lowest BCUT2D eigenvalue weighted by molar-refractivity contribution is 0.0283. The van der Waals surface area contributed by atoms with Gasteiger partial charge in [-0.05, 0) is 50.2 Å². The van der Waals surface area contributed by atoms with Crippen molar-refractivity contribution in [2.24, 2.45) is 0 Å². The zero-order valence-corrected chi connectivity index (χ0v) is 22.6. The number of para-hydroxylation sites is 1. The summed E-state index contributed by atoms with van der Waals surface area (Å²) in [5.74, 6) is -3.10. The van der Waals surface area contributed by atoms with Crippen LogP contribution in [0.25, 0.3) is 10.9 Å². The lowest BCUT2D eigenvalue weighted by atomic mass is 10.0. The Morgan fingerprint density at radius 2 is 1.62 bits per heavy atom. The number of benzene rings is 3. The molecule has 1 fully saturated rings. The highest BCUT2D eigenvalue weighted by Gasteiger charge is 2.33. The maximum atomic E-state index is 14.2. The Kier molecular flexibility index (Phi) is 7.52. The van der Waals surface area contributed by atoms with Gasteiger partial charge in [-0.15, -0.1) is 0 Å². The van der Waals surface area contributed by atoms with E-state index >= 15 is 0 Å². The largest absolute Gasteiger partial charge is 0.333 e. The SMILES string of the molecule is CC1CN(C(=O)c2ccc(NS(=O)(=O)c3cccc4cccnc34)cc2)[C@H](C)CN1Cc1c(F)cc(F)cc1F. The van der Waals surface area contributed by atoms with Crippen LogP contribution in [0.15, 0.2) is 77.8 Å². The highest BCUT2D eigenvalue weighted by molar-refractivity contribution is 7.93. The standard InChI is InChI=1S/C29H27F3N4O3S/c1-18-16-36(19(2)15-35(18)17-24-25(31)13-22(30)14-26(24)32)29(37)21-8-10-23(11-9-21)34-40(38,39)27-7-3-5-20-6-4-12-33-28(20)27/h3-14,18-19,34H,15-17H2,1-2H3/t18?,19-/m1/s1. The summed E-state index contributed by atoms with van der Waals surface area (Å²) < 4.78 is 70.4. The molecule has 0 bridgehead atoms. The number of carbonyl (C=O) groups is 1. The predicted octanol–water partition coefficient (Wildman–Crippen LogP) is 5.19. The molecule has 7 nitrogen and oxygen atoms in total. The number of carbonyl (C=O) groups excluding carboxylic acids is 1. The van der Waals surface area contributed by atoms with Crippen LogP contribution in [-0.4, -0.2) is 54.3 Å². The summed E-state index contributed by atoms with van der Waals surface area (Å²) in [6.07, 6.45) is 1.53. The minimum Gasteiger partial charge on any atom is -0.333 e. The first-order valence-corrected chi connectivity index (χ1v) is 14.2. The van der Waals surface area contributed by atoms with E-state index in [1.165, 1.54) is 24.4 Å². The number of aromatic nitrogens is 1. The minimum atomic E-state index is -3.94. The maximum absolute atomic E-state index is 14.2. The molecule has 0 spiro atoms. The molecular formula is C29H27F3N4O3S. The molecule has 3 aromatic carbocycles. The normalized spacial score (nSPS) is 18.2. The summed E-state index contributed by atoms with van der Waals surface area (Å²) in [6.45, 7) is 4.32. The quantitative estimate of drug-likeness (QED) is 0.346. The van der Waals surface area contributed by atoms with Crippen LogP contribution in [0.5, 0.6) is 0 Å². The van der Waals surface area contributed by atoms with Crippen molar-refractivity contribution in [3.05, 3.63) is 102 Å². The number of piperazine rings is 1. The van der Waals surface area contributed by atoms with Crippen molar-refractivity contribution in [1.82, 2.24) is 14.8 Å². The number of fused-ring (bicyclic) bond motifs is 1. The van der Waals surface area contributed by atoms with Crippen molar-refractivity contribution in [2.75, 3.05) is 17.8 Å². The molecule has 4 aromatic rings. The van der Waals surface area contributed by atoms with Gasteiger partial charge in [-0.1, -0.05) is 18.2 Å². The van der Waals surface area contributed by atoms with Gasteiger partial charge in [-0.2, -0.15) is 0 Å². The van der Waals surface area contributed by atoms with E-state index in [9.17, 15) is 26.4 Å². The lowest BCUT2D eigenvalue weighted by Gasteiger charge is -2.44. The number of hydrogen-bond acceptors (Lipinski definition) is 5. The molecule has 11 heteroatoms. The first kappa shape index (κ1) is 27.6. The van der Waals surface area contributed by atoms with E-state index in [-0.39, 0.29) is 35.0 Å². The summed E-state index contributed by atoms with van der Waals surface area (Å²) >= 11 is 0. The summed E-state index contributed by atoms with van der Waals surface area (Å²) in [6, 6.07) is 15.4. The third kappa shape index (κ3) is 5.52. The number of pyridine rings is 1. The molecule has 1 aromatic heterocycles. The van der Waals surface area contributed by atoms with Gasteiger partial charge in [0.1, 0.15) is 22.3 Å². The molecule has 1 N–H and O–H groups in total. The van der Waals surface area contributed by atoms with Crippen LogP contribution in [0.3, 0.4) is 0 Å². The van der Waals surface area contributed by atoms with Crippen LogP contribution in [0, 0.1) is 17.5 Å². The summed E-state index contributed by atoms with van der Waals surface area (Å²) in [5.41, 5.74) is 0.811. The molecule has 1 saturated heterocycles. The molecule has 40 heavy (non-hydrogen) atoms. The van der Waals surface area contributed by atoms with Gasteiger partial charge in [0.15, 0.2) is 0 Å². The zero-order chi connectivity index (χ0) is 28.6. The first-order valence-electron chi connectivity index (χ1n) is 12.7. The van der Waals surface area contributed by atoms with Gasteiger partial charge in [-0.25, -0.2) is 21.6 Å². The van der Waals surface area contributed by atoms with Gasteiger partial charge < -0.3 is 4.90 Å². The monoisotopic (exact) mass is 568 g/mol. The zero-order valence-electron chi connectivity index (χ0n) is 21.8. The van der Waals surface area contributed by atoms with Crippen molar-refractivity contribution < 1.29 is 26.4 Å². The predicted molar refractivity (Wildman–Crippen MR) is 146 cm³/mol. The highest BCUT2D eigenvalue weighted by Crippen LogP contribution is 2.26. The van der Waals surface area contributed by atoms with E-state index in [1.807, 2.05) is 18.7 Å². The van der Waals surface area contributed by atoms with E-state index in [4.69, 9.17) is 0 Å². The van der Waals surface area contributed by atoms with E-state index in [0.717, 1.165) is 0 Å². The highest BCUT2D eigenvalue weighted by atomic mass is 32.2. The van der Waals surface area contributed by atoms with Crippen molar-refractivity contribution in [1.29, 1.82) is 0 Å². The second-order valence-corrected chi connectivity index (χ2v) is 11.6. The summed E-state index contributed by atoms with van der Waals surface area (Å²) in [7, 11) is -3.94. The molecule has 1 amide bonds. The minimum absolute atomic E-state index is 0.0480. The number of amides is 1. The van der Waals surface area contributed by atoms with Crippen LogP contribution in [0.2, 0.25) is 0 Å². The second kappa shape index (κ2) is 10.9. The van der Waals surface area contributed by atoms with E-state index in [1.54, 1.807) is 41.3 Å². The van der Waals surface area contributed by atoms with Crippen LogP contribution < -0.4 is 4.72 Å². The van der Waals surface area contributed by atoms with E-state index < -0.39 is 27.5 Å². The maximum Gasteiger partial charge on any atom is 0.264 e. The number of nitrogens with one attached hydrogen (secondary N) is 1. The van der Waals surface area contributed by atoms with E-state index in [0.29, 0.717) is 47.4 Å². The fraction of sp³-hybridized carbons (Fsp3) is 0.241. The number of nitrogens with zero attached hydrogens (tertiary/aromatic N) is 3. The Balaban J connectivity index is 1.27. The molecule has 2 atom stereocenters. The molecule has 0 saturated carbocycles. The van der Waals surface area contributed by atoms with Gasteiger partial charge in [0.05, 0.1) is 5.52 Å². The lowest BCUT2D eigenvalue weighted by Crippen LogP contribution is -2.57. The molecular weight excluding hydrogens is 541 g/mol. The van der Waals surface area contributed by atoms with Crippen LogP contribution in [-0.2, 0) is 16.6 Å². The van der Waals surface area contributed by atoms with Gasteiger partial charge in [-0.3, -0.25) is 19.4 Å². The van der Waals surface area contributed by atoms with Crippen LogP contribution >= 0.6 is 0 Å². The number of halogens is 3. The molecule has 208 valence electrons. The average molecular weight is 569 g/mol. The molecule has 1 aliphatic rings. The fourth-order valence-corrected chi connectivity index (χ4v) is 6.22. The smallest absolute Gasteiger partial charge is 0.264 e. The Labute approximate surface area is 230 Å². The molecule has 5 rings (SSSR count).